The van der Waals surface area contributed by atoms with E-state index in [0.29, 0.717) is 0 Å². The van der Waals surface area contributed by atoms with Crippen LogP contribution < -0.4 is 10.9 Å². The molecule has 0 atom stereocenters. The lowest BCUT2D eigenvalue weighted by Crippen LogP contribution is -2.38. The molecule has 2 rings (SSSR count). The normalized spacial score (nSPS) is 10.5. The zero-order chi connectivity index (χ0) is 15.9. The average molecular weight is 298 g/mol. The summed E-state index contributed by atoms with van der Waals surface area (Å²) in [5.41, 5.74) is 4.07. The summed E-state index contributed by atoms with van der Waals surface area (Å²) in [6.07, 6.45) is 0. The third-order valence-electron chi connectivity index (χ3n) is 3.77. The van der Waals surface area contributed by atoms with E-state index in [1.54, 1.807) is 14.2 Å². The maximum atomic E-state index is 9.21. The first-order valence-corrected chi connectivity index (χ1v) is 7.21. The van der Waals surface area contributed by atoms with Crippen LogP contribution in [0.2, 0.25) is 0 Å². The molecule has 0 radical (unpaired) electrons. The van der Waals surface area contributed by atoms with E-state index in [4.69, 9.17) is 9.31 Å². The van der Waals surface area contributed by atoms with E-state index in [0.717, 1.165) is 22.1 Å². The van der Waals surface area contributed by atoms with Gasteiger partial charge in [0.2, 0.25) is 6.71 Å². The molecular formula is C16H20B2O4. The minimum absolute atomic E-state index is 0.0556. The fourth-order valence-corrected chi connectivity index (χ4v) is 2.42. The molecule has 0 aliphatic rings. The van der Waals surface area contributed by atoms with Crippen molar-refractivity contribution in [2.45, 2.75) is 0 Å². The molecule has 0 aliphatic carbocycles. The Hall–Kier alpha value is -1.59. The van der Waals surface area contributed by atoms with Crippen LogP contribution in [-0.4, -0.2) is 51.3 Å². The van der Waals surface area contributed by atoms with Crippen molar-refractivity contribution in [3.05, 3.63) is 48.5 Å². The molecule has 0 unspecified atom stereocenters. The van der Waals surface area contributed by atoms with Gasteiger partial charge in [-0.2, -0.15) is 0 Å². The molecule has 0 amide bonds. The quantitative estimate of drug-likeness (QED) is 0.712. The number of aliphatic hydroxyl groups excluding tert-OH is 2. The highest BCUT2D eigenvalue weighted by Crippen LogP contribution is 2.17. The number of aliphatic hydroxyl groups is 2. The highest BCUT2D eigenvalue weighted by Gasteiger charge is 2.17. The Morgan fingerprint density at radius 1 is 0.727 bits per heavy atom. The first-order chi connectivity index (χ1) is 10.7. The first kappa shape index (κ1) is 16.8. The maximum absolute atomic E-state index is 9.21. The molecule has 0 aromatic heterocycles. The Morgan fingerprint density at radius 3 is 1.50 bits per heavy atom. The lowest BCUT2D eigenvalue weighted by atomic mass is 9.46. The van der Waals surface area contributed by atoms with Gasteiger partial charge in [-0.1, -0.05) is 54.0 Å². The van der Waals surface area contributed by atoms with Crippen molar-refractivity contribution in [2.75, 3.05) is 27.2 Å². The molecule has 114 valence electrons. The van der Waals surface area contributed by atoms with Crippen LogP contribution in [0.5, 0.6) is 0 Å². The Labute approximate surface area is 131 Å². The summed E-state index contributed by atoms with van der Waals surface area (Å²) in [7, 11) is 2.87. The summed E-state index contributed by atoms with van der Waals surface area (Å²) in [6, 6.07) is 15.9. The number of hydrogen-bond acceptors (Lipinski definition) is 4. The summed E-state index contributed by atoms with van der Waals surface area (Å²) in [5.74, 6) is 0. The zero-order valence-corrected chi connectivity index (χ0v) is 12.9. The second kappa shape index (κ2) is 8.15. The minimum Gasteiger partial charge on any atom is -0.410 e. The van der Waals surface area contributed by atoms with Crippen molar-refractivity contribution < 1.29 is 19.5 Å². The molecule has 0 fully saturated rings. The van der Waals surface area contributed by atoms with Crippen molar-refractivity contribution in [1.29, 1.82) is 0 Å². The van der Waals surface area contributed by atoms with E-state index in [2.05, 4.69) is 0 Å². The molecule has 0 spiro atoms. The summed E-state index contributed by atoms with van der Waals surface area (Å²) >= 11 is 0. The topological polar surface area (TPSA) is 58.9 Å². The van der Waals surface area contributed by atoms with Crippen molar-refractivity contribution >= 4 is 24.8 Å². The Kier molecular flexibility index (Phi) is 6.21. The Morgan fingerprint density at radius 2 is 1.14 bits per heavy atom. The molecule has 0 heterocycles. The van der Waals surface area contributed by atoms with E-state index in [1.807, 2.05) is 48.5 Å². The predicted octanol–water partition coefficient (Wildman–Crippen LogP) is 0.106. The van der Waals surface area contributed by atoms with Gasteiger partial charge >= 0.3 is 7.12 Å². The molecule has 0 saturated carbocycles. The van der Waals surface area contributed by atoms with Crippen LogP contribution in [0, 0.1) is 0 Å². The number of hydrogen-bond donors (Lipinski definition) is 2. The third-order valence-corrected chi connectivity index (χ3v) is 3.77. The summed E-state index contributed by atoms with van der Waals surface area (Å²) < 4.78 is 10.5. The highest BCUT2D eigenvalue weighted by atomic mass is 16.6. The first-order valence-electron chi connectivity index (χ1n) is 7.21. The van der Waals surface area contributed by atoms with Gasteiger partial charge in [-0.25, -0.2) is 0 Å². The Balaban J connectivity index is 2.18. The standard InChI is InChI=1S/C16H20B2O4/c1-21-18(22-2)16-9-5-14(6-10-16)13-3-7-15(8-4-13)17(11-19)12-20/h3-10,19-20H,11-12H2,1-2H3. The van der Waals surface area contributed by atoms with Crippen LogP contribution in [0.15, 0.2) is 48.5 Å². The van der Waals surface area contributed by atoms with Crippen LogP contribution in [0.4, 0.5) is 0 Å². The van der Waals surface area contributed by atoms with E-state index < -0.39 is 0 Å². The zero-order valence-electron chi connectivity index (χ0n) is 12.9. The summed E-state index contributed by atoms with van der Waals surface area (Å²) in [4.78, 5) is 0. The van der Waals surface area contributed by atoms with Crippen LogP contribution in [0.25, 0.3) is 11.1 Å². The molecular weight excluding hydrogens is 278 g/mol. The minimum atomic E-state index is -0.355. The largest absolute Gasteiger partial charge is 0.493 e. The second-order valence-electron chi connectivity index (χ2n) is 5.11. The van der Waals surface area contributed by atoms with Crippen LogP contribution in [0.1, 0.15) is 0 Å². The molecule has 2 N–H and O–H groups in total. The van der Waals surface area contributed by atoms with Gasteiger partial charge < -0.3 is 19.5 Å². The third kappa shape index (κ3) is 3.78. The fraction of sp³-hybridized carbons (Fsp3) is 0.250. The van der Waals surface area contributed by atoms with Crippen molar-refractivity contribution in [3.8, 4) is 11.1 Å². The second-order valence-corrected chi connectivity index (χ2v) is 5.11. The molecule has 2 aromatic carbocycles. The van der Waals surface area contributed by atoms with Crippen molar-refractivity contribution in [3.63, 3.8) is 0 Å². The smallest absolute Gasteiger partial charge is 0.410 e. The molecule has 22 heavy (non-hydrogen) atoms. The molecule has 2 aromatic rings. The van der Waals surface area contributed by atoms with Gasteiger partial charge in [0.05, 0.1) is 0 Å². The van der Waals surface area contributed by atoms with Crippen LogP contribution >= 0.6 is 0 Å². The van der Waals surface area contributed by atoms with E-state index in [9.17, 15) is 10.2 Å². The summed E-state index contributed by atoms with van der Waals surface area (Å²) in [5, 5.41) is 18.4. The lowest BCUT2D eigenvalue weighted by molar-refractivity contribution is 0.292. The van der Waals surface area contributed by atoms with Gasteiger partial charge in [0.25, 0.3) is 0 Å². The van der Waals surface area contributed by atoms with Gasteiger partial charge in [-0.15, -0.1) is 0 Å². The maximum Gasteiger partial charge on any atom is 0.493 e. The van der Waals surface area contributed by atoms with Crippen molar-refractivity contribution in [2.24, 2.45) is 0 Å². The van der Waals surface area contributed by atoms with Crippen LogP contribution in [0.3, 0.4) is 0 Å². The van der Waals surface area contributed by atoms with Gasteiger partial charge in [-0.05, 0) is 16.6 Å². The average Bonchev–Trinajstić information content (AvgIpc) is 2.58. The number of benzene rings is 2. The van der Waals surface area contributed by atoms with Gasteiger partial charge in [0.15, 0.2) is 0 Å². The van der Waals surface area contributed by atoms with Crippen LogP contribution in [-0.2, 0) is 9.31 Å². The van der Waals surface area contributed by atoms with E-state index in [-0.39, 0.29) is 26.8 Å². The predicted molar refractivity (Wildman–Crippen MR) is 90.8 cm³/mol. The summed E-state index contributed by atoms with van der Waals surface area (Å²) in [6.45, 7) is -0.333. The van der Waals surface area contributed by atoms with Gasteiger partial charge in [-0.3, -0.25) is 0 Å². The Bertz CT molecular complexity index is 510. The van der Waals surface area contributed by atoms with E-state index in [1.165, 1.54) is 0 Å². The number of rotatable bonds is 7. The van der Waals surface area contributed by atoms with Gasteiger partial charge in [0.1, 0.15) is 0 Å². The molecule has 0 bridgehead atoms. The molecule has 4 nitrogen and oxygen atoms in total. The van der Waals surface area contributed by atoms with E-state index >= 15 is 0 Å². The lowest BCUT2D eigenvalue weighted by Gasteiger charge is -2.11. The highest BCUT2D eigenvalue weighted by molar-refractivity contribution is 6.73. The molecule has 0 saturated heterocycles. The molecule has 0 aliphatic heterocycles. The fourth-order valence-electron chi connectivity index (χ4n) is 2.42. The van der Waals surface area contributed by atoms with Gasteiger partial charge in [0, 0.05) is 27.2 Å². The monoisotopic (exact) mass is 298 g/mol. The molecule has 6 heteroatoms. The SMILES string of the molecule is COB(OC)c1ccc(-c2ccc(B(CO)CO)cc2)cc1. The van der Waals surface area contributed by atoms with Crippen molar-refractivity contribution in [1.82, 2.24) is 0 Å².